The van der Waals surface area contributed by atoms with Crippen LogP contribution in [0.2, 0.25) is 5.02 Å². The smallest absolute Gasteiger partial charge is 0.235 e. The lowest BCUT2D eigenvalue weighted by Crippen LogP contribution is -2.31. The second-order valence-electron chi connectivity index (χ2n) is 3.64. The van der Waals surface area contributed by atoms with Gasteiger partial charge in [0.05, 0.1) is 33.2 Å². The zero-order chi connectivity index (χ0) is 13.5. The second kappa shape index (κ2) is 7.14. The topological polar surface area (TPSA) is 61.2 Å². The number of nitrogens with zero attached hydrogens (tertiary/aromatic N) is 2. The highest BCUT2D eigenvalue weighted by molar-refractivity contribution is 7.85. The van der Waals surface area contributed by atoms with Crippen molar-refractivity contribution < 1.29 is 9.00 Å². The van der Waals surface area contributed by atoms with Crippen molar-refractivity contribution in [3.63, 3.8) is 0 Å². The van der Waals surface area contributed by atoms with Gasteiger partial charge in [-0.2, -0.15) is 5.26 Å². The third-order valence-corrected chi connectivity index (χ3v) is 4.12. The highest BCUT2D eigenvalue weighted by Gasteiger charge is 2.15. The largest absolute Gasteiger partial charge is 0.344 e. The van der Waals surface area contributed by atoms with Gasteiger partial charge >= 0.3 is 0 Å². The molecule has 96 valence electrons. The molecule has 1 unspecified atom stereocenters. The van der Waals surface area contributed by atoms with Crippen LogP contribution in [0.1, 0.15) is 6.42 Å². The Morgan fingerprint density at radius 2 is 2.17 bits per heavy atom. The van der Waals surface area contributed by atoms with Crippen molar-refractivity contribution >= 4 is 28.3 Å². The quantitative estimate of drug-likeness (QED) is 0.828. The molecule has 0 aliphatic heterocycles. The van der Waals surface area contributed by atoms with Crippen LogP contribution >= 0.6 is 11.6 Å². The second-order valence-corrected chi connectivity index (χ2v) is 5.47. The maximum absolute atomic E-state index is 12.0. The average Bonchev–Trinajstić information content (AvgIpc) is 2.36. The first-order valence-corrected chi connectivity index (χ1v) is 6.99. The molecule has 1 aromatic carbocycles. The number of halogens is 1. The number of benzene rings is 1. The fraction of sp³-hybridized carbons (Fsp3) is 0.333. The highest BCUT2D eigenvalue weighted by Crippen LogP contribution is 2.19. The Hall–Kier alpha value is -1.38. The summed E-state index contributed by atoms with van der Waals surface area (Å²) in [5.74, 6) is -0.380. The van der Waals surface area contributed by atoms with Crippen LogP contribution in [0.3, 0.4) is 0 Å². The summed E-state index contributed by atoms with van der Waals surface area (Å²) in [6.45, 7) is 0.342. The molecular weight excluding hydrogens is 272 g/mol. The SMILES string of the molecule is CN(CCC#N)C(=O)CS(=O)c1ccccc1Cl. The van der Waals surface area contributed by atoms with Gasteiger partial charge in [-0.15, -0.1) is 0 Å². The number of nitriles is 1. The van der Waals surface area contributed by atoms with Crippen LogP contribution in [0.5, 0.6) is 0 Å². The van der Waals surface area contributed by atoms with Crippen molar-refractivity contribution in [2.45, 2.75) is 11.3 Å². The molecule has 0 aliphatic carbocycles. The van der Waals surface area contributed by atoms with Crippen LogP contribution in [0.4, 0.5) is 0 Å². The standard InChI is InChI=1S/C12H13ClN2O2S/c1-15(8-4-7-14)12(16)9-18(17)11-6-3-2-5-10(11)13/h2-3,5-6H,4,8-9H2,1H3. The molecule has 1 aromatic rings. The average molecular weight is 285 g/mol. The molecule has 0 spiro atoms. The monoisotopic (exact) mass is 284 g/mol. The van der Waals surface area contributed by atoms with Gasteiger partial charge in [-0.25, -0.2) is 0 Å². The fourth-order valence-electron chi connectivity index (χ4n) is 1.27. The van der Waals surface area contributed by atoms with E-state index in [2.05, 4.69) is 0 Å². The molecule has 0 aliphatic rings. The third kappa shape index (κ3) is 4.13. The first kappa shape index (κ1) is 14.7. The Morgan fingerprint density at radius 1 is 1.50 bits per heavy atom. The van der Waals surface area contributed by atoms with Gasteiger partial charge in [-0.3, -0.25) is 9.00 Å². The summed E-state index contributed by atoms with van der Waals surface area (Å²) in [6, 6.07) is 8.70. The Morgan fingerprint density at radius 3 is 2.78 bits per heavy atom. The molecule has 1 rings (SSSR count). The van der Waals surface area contributed by atoms with Crippen molar-refractivity contribution in [2.24, 2.45) is 0 Å². The van der Waals surface area contributed by atoms with E-state index in [0.29, 0.717) is 16.5 Å². The molecule has 0 saturated carbocycles. The van der Waals surface area contributed by atoms with E-state index in [-0.39, 0.29) is 18.1 Å². The van der Waals surface area contributed by atoms with Crippen LogP contribution in [0, 0.1) is 11.3 Å². The van der Waals surface area contributed by atoms with E-state index in [1.54, 1.807) is 31.3 Å². The molecule has 0 radical (unpaired) electrons. The van der Waals surface area contributed by atoms with Crippen molar-refractivity contribution in [1.29, 1.82) is 5.26 Å². The van der Waals surface area contributed by atoms with E-state index >= 15 is 0 Å². The summed E-state index contributed by atoms with van der Waals surface area (Å²) in [7, 11) is 0.130. The summed E-state index contributed by atoms with van der Waals surface area (Å²) in [4.78, 5) is 13.6. The van der Waals surface area contributed by atoms with E-state index in [4.69, 9.17) is 16.9 Å². The van der Waals surface area contributed by atoms with Crippen LogP contribution in [0.25, 0.3) is 0 Å². The van der Waals surface area contributed by atoms with Gasteiger partial charge in [0.1, 0.15) is 5.75 Å². The Kier molecular flexibility index (Phi) is 5.83. The minimum Gasteiger partial charge on any atom is -0.344 e. The van der Waals surface area contributed by atoms with Crippen molar-refractivity contribution in [2.75, 3.05) is 19.3 Å². The van der Waals surface area contributed by atoms with Crippen molar-refractivity contribution in [1.82, 2.24) is 4.90 Å². The van der Waals surface area contributed by atoms with Crippen LogP contribution in [0.15, 0.2) is 29.2 Å². The number of rotatable bonds is 5. The van der Waals surface area contributed by atoms with Gasteiger partial charge in [0.25, 0.3) is 0 Å². The Balaban J connectivity index is 2.63. The van der Waals surface area contributed by atoms with Crippen molar-refractivity contribution in [3.05, 3.63) is 29.3 Å². The molecule has 0 N–H and O–H groups in total. The lowest BCUT2D eigenvalue weighted by atomic mass is 10.4. The number of hydrogen-bond acceptors (Lipinski definition) is 3. The first-order chi connectivity index (χ1) is 8.56. The lowest BCUT2D eigenvalue weighted by Gasteiger charge is -2.15. The number of hydrogen-bond donors (Lipinski definition) is 0. The molecule has 0 fully saturated rings. The molecule has 6 heteroatoms. The van der Waals surface area contributed by atoms with Gasteiger partial charge in [-0.1, -0.05) is 23.7 Å². The van der Waals surface area contributed by atoms with Gasteiger partial charge in [0.15, 0.2) is 0 Å². The molecule has 1 atom stereocenters. The van der Waals surface area contributed by atoms with E-state index in [9.17, 15) is 9.00 Å². The summed E-state index contributed by atoms with van der Waals surface area (Å²) >= 11 is 5.90. The van der Waals surface area contributed by atoms with E-state index in [1.807, 2.05) is 6.07 Å². The van der Waals surface area contributed by atoms with E-state index in [0.717, 1.165) is 0 Å². The zero-order valence-corrected chi connectivity index (χ0v) is 11.5. The van der Waals surface area contributed by atoms with Crippen LogP contribution < -0.4 is 0 Å². The fourth-order valence-corrected chi connectivity index (χ4v) is 2.78. The summed E-state index contributed by atoms with van der Waals surface area (Å²) < 4.78 is 12.0. The predicted octanol–water partition coefficient (Wildman–Crippen LogP) is 1.82. The number of carbonyl (C=O) groups excluding carboxylic acids is 1. The molecule has 4 nitrogen and oxygen atoms in total. The van der Waals surface area contributed by atoms with Gasteiger partial charge in [0.2, 0.25) is 5.91 Å². The molecule has 18 heavy (non-hydrogen) atoms. The summed E-state index contributed by atoms with van der Waals surface area (Å²) in [5, 5.41) is 8.82. The van der Waals surface area contributed by atoms with Gasteiger partial charge in [-0.05, 0) is 12.1 Å². The summed E-state index contributed by atoms with van der Waals surface area (Å²) in [5.41, 5.74) is 0. The molecule has 0 saturated heterocycles. The first-order valence-electron chi connectivity index (χ1n) is 5.30. The van der Waals surface area contributed by atoms with Gasteiger partial charge < -0.3 is 4.90 Å². The number of carbonyl (C=O) groups is 1. The van der Waals surface area contributed by atoms with E-state index in [1.165, 1.54) is 4.90 Å². The van der Waals surface area contributed by atoms with E-state index < -0.39 is 10.8 Å². The van der Waals surface area contributed by atoms with Crippen LogP contribution in [-0.2, 0) is 15.6 Å². The van der Waals surface area contributed by atoms with Gasteiger partial charge in [0, 0.05) is 13.6 Å². The van der Waals surface area contributed by atoms with Crippen molar-refractivity contribution in [3.8, 4) is 6.07 Å². The molecule has 0 bridgehead atoms. The molecule has 1 amide bonds. The predicted molar refractivity (Wildman–Crippen MR) is 70.6 cm³/mol. The third-order valence-electron chi connectivity index (χ3n) is 2.32. The Bertz CT molecular complexity index is 499. The Labute approximate surface area is 114 Å². The molecular formula is C12H13ClN2O2S. The minimum absolute atomic E-state index is 0.119. The lowest BCUT2D eigenvalue weighted by molar-refractivity contribution is -0.127. The minimum atomic E-state index is -1.46. The van der Waals surface area contributed by atoms with Crippen LogP contribution in [-0.4, -0.2) is 34.4 Å². The summed E-state index contributed by atoms with van der Waals surface area (Å²) in [6.07, 6.45) is 0.265. The maximum atomic E-state index is 12.0. The highest BCUT2D eigenvalue weighted by atomic mass is 35.5. The maximum Gasteiger partial charge on any atom is 0.235 e. The normalized spacial score (nSPS) is 11.6. The zero-order valence-electron chi connectivity index (χ0n) is 9.93. The number of amides is 1. The molecule has 0 aromatic heterocycles. The molecule has 0 heterocycles.